The third kappa shape index (κ3) is 12.8. The number of hydrogen-bond acceptors (Lipinski definition) is 0. The van der Waals surface area contributed by atoms with E-state index in [9.17, 15) is 0 Å². The second-order valence-electron chi connectivity index (χ2n) is 7.83. The zero-order valence-corrected chi connectivity index (χ0v) is 19.9. The number of unbranched alkanes of at least 4 members (excludes halogenated alkanes) is 4. The first kappa shape index (κ1) is 26.4. The molecular weight excluding hydrogens is 336 g/mol. The molecule has 1 unspecified atom stereocenters. The predicted octanol–water partition coefficient (Wildman–Crippen LogP) is 9.12. The normalized spacial score (nSPS) is 14.2. The lowest BCUT2D eigenvalue weighted by Crippen LogP contribution is -2.10. The Balaban J connectivity index is 0.000000386. The molecule has 158 valence electrons. The fourth-order valence-corrected chi connectivity index (χ4v) is 3.19. The van der Waals surface area contributed by atoms with E-state index in [2.05, 4.69) is 83.1 Å². The molecule has 0 radical (unpaired) electrons. The van der Waals surface area contributed by atoms with Gasteiger partial charge in [-0.05, 0) is 50.2 Å². The van der Waals surface area contributed by atoms with E-state index in [0.717, 1.165) is 5.92 Å². The minimum Gasteiger partial charge on any atom is -0.0683 e. The quantitative estimate of drug-likeness (QED) is 0.462. The van der Waals surface area contributed by atoms with Crippen LogP contribution in [0.15, 0.2) is 48.5 Å². The molecule has 0 saturated carbocycles. The summed E-state index contributed by atoms with van der Waals surface area (Å²) in [6.07, 6.45) is 11.0. The predicted molar refractivity (Wildman–Crippen MR) is 129 cm³/mol. The van der Waals surface area contributed by atoms with Crippen LogP contribution in [0.1, 0.15) is 95.4 Å². The molecule has 0 nitrogen and oxygen atoms in total. The average Bonchev–Trinajstić information content (AvgIpc) is 2.73. The van der Waals surface area contributed by atoms with Gasteiger partial charge in [0.05, 0.1) is 0 Å². The molecule has 2 aromatic carbocycles. The highest BCUT2D eigenvalue weighted by Crippen LogP contribution is 2.24. The molecule has 1 aliphatic carbocycles. The van der Waals surface area contributed by atoms with Crippen molar-refractivity contribution in [2.45, 2.75) is 99.8 Å². The van der Waals surface area contributed by atoms with Crippen LogP contribution in [0.5, 0.6) is 0 Å². The van der Waals surface area contributed by atoms with Crippen LogP contribution in [-0.4, -0.2) is 0 Å². The standard InChI is InChI=1S/C11H14.C8H10.C7H16.C2H6/c1-9-6-7-10-4-2-3-5-11(10)8-9;1-7-3-5-8(2)6-4-7;1-3-5-7-6-4-2;1-2/h2-5,9H,6-8H2,1H3;3-6H,1-2H3;3-7H2,1-2H3;1-2H3. The maximum Gasteiger partial charge on any atom is -0.0250 e. The topological polar surface area (TPSA) is 0 Å². The van der Waals surface area contributed by atoms with Crippen molar-refractivity contribution in [3.63, 3.8) is 0 Å². The molecule has 0 N–H and O–H groups in total. The third-order valence-corrected chi connectivity index (χ3v) is 5.02. The molecule has 0 aliphatic heterocycles. The molecule has 0 aromatic heterocycles. The summed E-state index contributed by atoms with van der Waals surface area (Å²) in [5, 5.41) is 0. The van der Waals surface area contributed by atoms with Crippen molar-refractivity contribution < 1.29 is 0 Å². The monoisotopic (exact) mass is 382 g/mol. The van der Waals surface area contributed by atoms with E-state index in [4.69, 9.17) is 0 Å². The van der Waals surface area contributed by atoms with Crippen molar-refractivity contribution in [2.24, 2.45) is 5.92 Å². The van der Waals surface area contributed by atoms with Gasteiger partial charge in [0.1, 0.15) is 0 Å². The van der Waals surface area contributed by atoms with Gasteiger partial charge < -0.3 is 0 Å². The lowest BCUT2D eigenvalue weighted by Gasteiger charge is -2.20. The Morgan fingerprint density at radius 1 is 0.714 bits per heavy atom. The number of aryl methyl sites for hydroxylation is 3. The Kier molecular flexibility index (Phi) is 16.6. The second kappa shape index (κ2) is 17.5. The Morgan fingerprint density at radius 3 is 1.64 bits per heavy atom. The molecule has 0 fully saturated rings. The molecule has 28 heavy (non-hydrogen) atoms. The van der Waals surface area contributed by atoms with E-state index in [1.165, 1.54) is 62.5 Å². The van der Waals surface area contributed by atoms with E-state index < -0.39 is 0 Å². The second-order valence-corrected chi connectivity index (χ2v) is 7.83. The van der Waals surface area contributed by atoms with Crippen molar-refractivity contribution in [3.8, 4) is 0 Å². The fourth-order valence-electron chi connectivity index (χ4n) is 3.19. The van der Waals surface area contributed by atoms with Crippen molar-refractivity contribution in [2.75, 3.05) is 0 Å². The van der Waals surface area contributed by atoms with E-state index in [1.54, 1.807) is 11.1 Å². The minimum absolute atomic E-state index is 0.893. The Hall–Kier alpha value is -1.56. The molecule has 0 heteroatoms. The Morgan fingerprint density at radius 2 is 1.18 bits per heavy atom. The molecule has 0 spiro atoms. The van der Waals surface area contributed by atoms with Gasteiger partial charge in [0.15, 0.2) is 0 Å². The van der Waals surface area contributed by atoms with Crippen LogP contribution >= 0.6 is 0 Å². The number of fused-ring (bicyclic) bond motifs is 1. The van der Waals surface area contributed by atoms with Gasteiger partial charge in [-0.25, -0.2) is 0 Å². The SMILES string of the molecule is CC.CC1CCc2ccccc2C1.CCCCCCC.Cc1ccc(C)cc1. The van der Waals surface area contributed by atoms with Crippen LogP contribution in [-0.2, 0) is 12.8 Å². The Bertz CT molecular complexity index is 554. The number of rotatable bonds is 4. The van der Waals surface area contributed by atoms with Crippen LogP contribution in [0.25, 0.3) is 0 Å². The molecule has 0 amide bonds. The van der Waals surface area contributed by atoms with Crippen molar-refractivity contribution in [3.05, 3.63) is 70.8 Å². The van der Waals surface area contributed by atoms with E-state index in [-0.39, 0.29) is 0 Å². The van der Waals surface area contributed by atoms with Crippen LogP contribution in [0.2, 0.25) is 0 Å². The first-order chi connectivity index (χ1) is 13.6. The molecule has 2 aromatic rings. The molecule has 0 bridgehead atoms. The molecule has 1 aliphatic rings. The maximum atomic E-state index is 2.34. The van der Waals surface area contributed by atoms with Gasteiger partial charge >= 0.3 is 0 Å². The summed E-state index contributed by atoms with van der Waals surface area (Å²) < 4.78 is 0. The van der Waals surface area contributed by atoms with Gasteiger partial charge in [-0.2, -0.15) is 0 Å². The zero-order chi connectivity index (χ0) is 21.2. The molecule has 0 saturated heterocycles. The van der Waals surface area contributed by atoms with Gasteiger partial charge in [0, 0.05) is 0 Å². The van der Waals surface area contributed by atoms with Crippen molar-refractivity contribution >= 4 is 0 Å². The number of hydrogen-bond donors (Lipinski definition) is 0. The summed E-state index contributed by atoms with van der Waals surface area (Å²) in [7, 11) is 0. The highest BCUT2D eigenvalue weighted by Gasteiger charge is 2.13. The maximum absolute atomic E-state index is 2.34. The first-order valence-corrected chi connectivity index (χ1v) is 11.7. The summed E-state index contributed by atoms with van der Waals surface area (Å²) in [6, 6.07) is 17.3. The summed E-state index contributed by atoms with van der Waals surface area (Å²) >= 11 is 0. The molecular formula is C28H46. The van der Waals surface area contributed by atoms with Gasteiger partial charge in [0.25, 0.3) is 0 Å². The zero-order valence-electron chi connectivity index (χ0n) is 19.9. The van der Waals surface area contributed by atoms with Gasteiger partial charge in [-0.15, -0.1) is 0 Å². The van der Waals surface area contributed by atoms with Crippen molar-refractivity contribution in [1.82, 2.24) is 0 Å². The van der Waals surface area contributed by atoms with Crippen LogP contribution < -0.4 is 0 Å². The highest BCUT2D eigenvalue weighted by molar-refractivity contribution is 5.29. The summed E-state index contributed by atoms with van der Waals surface area (Å²) in [5.74, 6) is 0.893. The van der Waals surface area contributed by atoms with E-state index in [0.29, 0.717) is 0 Å². The smallest absolute Gasteiger partial charge is 0.0250 e. The van der Waals surface area contributed by atoms with Gasteiger partial charge in [-0.3, -0.25) is 0 Å². The first-order valence-electron chi connectivity index (χ1n) is 11.7. The van der Waals surface area contributed by atoms with Crippen molar-refractivity contribution in [1.29, 1.82) is 0 Å². The summed E-state index contributed by atoms with van der Waals surface area (Å²) in [5.41, 5.74) is 5.81. The lowest BCUT2D eigenvalue weighted by atomic mass is 9.85. The highest BCUT2D eigenvalue weighted by atomic mass is 14.2. The summed E-state index contributed by atoms with van der Waals surface area (Å²) in [4.78, 5) is 0. The van der Waals surface area contributed by atoms with E-state index >= 15 is 0 Å². The largest absolute Gasteiger partial charge is 0.0683 e. The minimum atomic E-state index is 0.893. The van der Waals surface area contributed by atoms with Gasteiger partial charge in [-0.1, -0.05) is 126 Å². The number of benzene rings is 2. The van der Waals surface area contributed by atoms with Gasteiger partial charge in [0.2, 0.25) is 0 Å². The fraction of sp³-hybridized carbons (Fsp3) is 0.571. The molecule has 0 heterocycles. The lowest BCUT2D eigenvalue weighted by molar-refractivity contribution is 0.501. The molecule has 1 atom stereocenters. The van der Waals surface area contributed by atoms with Crippen LogP contribution in [0.3, 0.4) is 0 Å². The molecule has 3 rings (SSSR count). The van der Waals surface area contributed by atoms with Crippen LogP contribution in [0.4, 0.5) is 0 Å². The third-order valence-electron chi connectivity index (χ3n) is 5.02. The van der Waals surface area contributed by atoms with E-state index in [1.807, 2.05) is 13.8 Å². The Labute approximate surface area is 176 Å². The van der Waals surface area contributed by atoms with Crippen LogP contribution in [0, 0.1) is 19.8 Å². The average molecular weight is 383 g/mol. The summed E-state index contributed by atoms with van der Waals surface area (Å²) in [6.45, 7) is 15.0.